The van der Waals surface area contributed by atoms with Crippen molar-refractivity contribution in [2.75, 3.05) is 7.11 Å². The van der Waals surface area contributed by atoms with E-state index >= 15 is 0 Å². The summed E-state index contributed by atoms with van der Waals surface area (Å²) in [6.07, 6.45) is 5.59. The molecule has 118 valence electrons. The number of carbonyl (C=O) groups is 2. The number of nitrogens with zero attached hydrogens (tertiary/aromatic N) is 2. The third-order valence-corrected chi connectivity index (χ3v) is 2.83. The predicted molar refractivity (Wildman–Crippen MR) is 74.7 cm³/mol. The third-order valence-electron chi connectivity index (χ3n) is 2.83. The first kappa shape index (κ1) is 18.8. The Hall–Kier alpha value is -2.25. The number of oxime groups is 1. The molecule has 0 aromatic heterocycles. The number of allylic oxidation sites excluding steroid dienone is 2. The molecule has 0 saturated carbocycles. The molecule has 0 aliphatic heterocycles. The Kier molecular flexibility index (Phi) is 10.3. The first-order chi connectivity index (χ1) is 10.0. The molecule has 21 heavy (non-hydrogen) atoms. The monoisotopic (exact) mass is 300 g/mol. The summed E-state index contributed by atoms with van der Waals surface area (Å²) in [7, 11) is 1.34. The number of hydrogen-bond acceptors (Lipinski definition) is 7. The van der Waals surface area contributed by atoms with Gasteiger partial charge in [-0.2, -0.15) is 0 Å². The van der Waals surface area contributed by atoms with Gasteiger partial charge in [-0.25, -0.2) is 0 Å². The average molecular weight is 300 g/mol. The lowest BCUT2D eigenvalue weighted by Crippen LogP contribution is -2.04. The van der Waals surface area contributed by atoms with E-state index in [-0.39, 0.29) is 30.1 Å². The Balaban J connectivity index is 3.99. The Morgan fingerprint density at radius 3 is 2.29 bits per heavy atom. The lowest BCUT2D eigenvalue weighted by atomic mass is 10.1. The Morgan fingerprint density at radius 2 is 1.81 bits per heavy atom. The molecule has 0 unspecified atom stereocenters. The summed E-state index contributed by atoms with van der Waals surface area (Å²) in [6, 6.07) is 0. The van der Waals surface area contributed by atoms with Gasteiger partial charge in [-0.1, -0.05) is 24.4 Å². The Labute approximate surface area is 122 Å². The van der Waals surface area contributed by atoms with Crippen molar-refractivity contribution in [3.8, 4) is 0 Å². The fourth-order valence-corrected chi connectivity index (χ4v) is 1.68. The molecule has 0 aliphatic carbocycles. The summed E-state index contributed by atoms with van der Waals surface area (Å²) >= 11 is 0. The van der Waals surface area contributed by atoms with Gasteiger partial charge in [0.1, 0.15) is 5.71 Å². The molecule has 0 rings (SSSR count). The highest BCUT2D eigenvalue weighted by atomic mass is 16.6. The summed E-state index contributed by atoms with van der Waals surface area (Å²) in [4.78, 5) is 31.5. The van der Waals surface area contributed by atoms with Crippen molar-refractivity contribution < 1.29 is 24.5 Å². The molecule has 0 atom stereocenters. The maximum Gasteiger partial charge on any atom is 0.305 e. The number of ether oxygens (including phenoxy) is 1. The van der Waals surface area contributed by atoms with Crippen LogP contribution in [0.2, 0.25) is 0 Å². The highest BCUT2D eigenvalue weighted by Gasteiger charge is 2.12. The van der Waals surface area contributed by atoms with Crippen molar-refractivity contribution in [1.82, 2.24) is 0 Å². The van der Waals surface area contributed by atoms with Gasteiger partial charge in [0.15, 0.2) is 6.29 Å². The van der Waals surface area contributed by atoms with Crippen LogP contribution in [0.4, 0.5) is 0 Å². The molecule has 0 fully saturated rings. The van der Waals surface area contributed by atoms with Crippen LogP contribution in [0, 0.1) is 10.1 Å². The summed E-state index contributed by atoms with van der Waals surface area (Å²) in [5.41, 5.74) is -0.538. The van der Waals surface area contributed by atoms with Crippen LogP contribution in [-0.4, -0.2) is 35.2 Å². The van der Waals surface area contributed by atoms with Crippen LogP contribution in [-0.2, 0) is 14.3 Å². The molecule has 8 heteroatoms. The molecule has 1 N–H and O–H groups in total. The number of esters is 1. The van der Waals surface area contributed by atoms with E-state index in [1.54, 1.807) is 0 Å². The van der Waals surface area contributed by atoms with E-state index in [9.17, 15) is 19.7 Å². The van der Waals surface area contributed by atoms with Crippen LogP contribution in [0.1, 0.15) is 44.9 Å². The van der Waals surface area contributed by atoms with Gasteiger partial charge in [-0.15, -0.1) is 0 Å². The lowest BCUT2D eigenvalue weighted by Gasteiger charge is -2.01. The molecule has 8 nitrogen and oxygen atoms in total. The van der Waals surface area contributed by atoms with Crippen LogP contribution in [0.3, 0.4) is 0 Å². The zero-order chi connectivity index (χ0) is 16.1. The third kappa shape index (κ3) is 9.31. The number of rotatable bonds is 11. The highest BCUT2D eigenvalue weighted by Crippen LogP contribution is 2.12. The largest absolute Gasteiger partial charge is 0.469 e. The molecular formula is C13H20N2O6. The van der Waals surface area contributed by atoms with E-state index in [1.807, 2.05) is 0 Å². The summed E-state index contributed by atoms with van der Waals surface area (Å²) < 4.78 is 4.51. The number of aldehydes is 1. The van der Waals surface area contributed by atoms with Gasteiger partial charge in [0.05, 0.1) is 12.0 Å². The minimum absolute atomic E-state index is 0.163. The molecule has 0 spiro atoms. The van der Waals surface area contributed by atoms with Gasteiger partial charge >= 0.3 is 5.97 Å². The SMILES string of the molecule is COC(=O)CCCCCCC/C(=C\C(C=O)=N/O)[N+](=O)[O-]. The number of nitro groups is 1. The molecule has 0 saturated heterocycles. The average Bonchev–Trinajstić information content (AvgIpc) is 2.48. The van der Waals surface area contributed by atoms with Crippen molar-refractivity contribution in [3.05, 3.63) is 21.9 Å². The van der Waals surface area contributed by atoms with Gasteiger partial charge in [0.2, 0.25) is 5.70 Å². The second-order valence-corrected chi connectivity index (χ2v) is 4.38. The van der Waals surface area contributed by atoms with Gasteiger partial charge < -0.3 is 9.94 Å². The van der Waals surface area contributed by atoms with Crippen molar-refractivity contribution in [2.45, 2.75) is 44.9 Å². The van der Waals surface area contributed by atoms with E-state index in [4.69, 9.17) is 5.21 Å². The quantitative estimate of drug-likeness (QED) is 0.119. The first-order valence-corrected chi connectivity index (χ1v) is 6.64. The molecule has 0 aliphatic rings. The van der Waals surface area contributed by atoms with E-state index in [0.717, 1.165) is 31.8 Å². The zero-order valence-electron chi connectivity index (χ0n) is 12.0. The number of hydrogen-bond donors (Lipinski definition) is 1. The van der Waals surface area contributed by atoms with Crippen molar-refractivity contribution in [3.63, 3.8) is 0 Å². The van der Waals surface area contributed by atoms with Gasteiger partial charge in [0, 0.05) is 18.9 Å². The standard InChI is InChI=1S/C13H20N2O6/c1-21-13(17)8-6-4-2-3-5-7-12(15(19)20)9-11(10-16)14-18/h9-10,18H,2-8H2,1H3/b12-9+,14-11+. The molecule has 0 heterocycles. The molecular weight excluding hydrogens is 280 g/mol. The molecule has 0 radical (unpaired) electrons. The van der Waals surface area contributed by atoms with E-state index in [1.165, 1.54) is 7.11 Å². The van der Waals surface area contributed by atoms with Crippen molar-refractivity contribution in [1.29, 1.82) is 0 Å². The summed E-state index contributed by atoms with van der Waals surface area (Å²) in [5, 5.41) is 21.9. The lowest BCUT2D eigenvalue weighted by molar-refractivity contribution is -0.427. The van der Waals surface area contributed by atoms with Crippen LogP contribution in [0.15, 0.2) is 16.9 Å². The normalized spacial score (nSPS) is 12.0. The maximum absolute atomic E-state index is 10.9. The minimum atomic E-state index is -0.591. The van der Waals surface area contributed by atoms with Gasteiger partial charge in [0.25, 0.3) is 0 Å². The minimum Gasteiger partial charge on any atom is -0.469 e. The molecule has 0 aromatic rings. The predicted octanol–water partition coefficient (Wildman–Crippen LogP) is 2.08. The fourth-order valence-electron chi connectivity index (χ4n) is 1.68. The van der Waals surface area contributed by atoms with Crippen LogP contribution >= 0.6 is 0 Å². The summed E-state index contributed by atoms with van der Waals surface area (Å²) in [5.74, 6) is -0.238. The van der Waals surface area contributed by atoms with Crippen molar-refractivity contribution in [2.24, 2.45) is 5.16 Å². The smallest absolute Gasteiger partial charge is 0.305 e. The van der Waals surface area contributed by atoms with Crippen LogP contribution in [0.5, 0.6) is 0 Å². The fraction of sp³-hybridized carbons (Fsp3) is 0.615. The Morgan fingerprint density at radius 1 is 1.24 bits per heavy atom. The van der Waals surface area contributed by atoms with Crippen molar-refractivity contribution >= 4 is 18.0 Å². The zero-order valence-corrected chi connectivity index (χ0v) is 12.0. The molecule has 0 bridgehead atoms. The second kappa shape index (κ2) is 11.6. The first-order valence-electron chi connectivity index (χ1n) is 6.64. The number of methoxy groups -OCH3 is 1. The van der Waals surface area contributed by atoms with Gasteiger partial charge in [-0.05, 0) is 12.8 Å². The summed E-state index contributed by atoms with van der Waals surface area (Å²) in [6.45, 7) is 0. The van der Waals surface area contributed by atoms with E-state index in [2.05, 4.69) is 9.89 Å². The van der Waals surface area contributed by atoms with E-state index in [0.29, 0.717) is 12.8 Å². The highest BCUT2D eigenvalue weighted by molar-refractivity contribution is 6.33. The number of carbonyl (C=O) groups excluding carboxylic acids is 2. The molecule has 0 aromatic carbocycles. The number of unbranched alkanes of at least 4 members (excludes halogenated alkanes) is 4. The Bertz CT molecular complexity index is 417. The van der Waals surface area contributed by atoms with Gasteiger partial charge in [-0.3, -0.25) is 19.7 Å². The maximum atomic E-state index is 10.9. The van der Waals surface area contributed by atoms with E-state index < -0.39 is 4.92 Å². The topological polar surface area (TPSA) is 119 Å². The van der Waals surface area contributed by atoms with Crippen LogP contribution in [0.25, 0.3) is 0 Å². The van der Waals surface area contributed by atoms with Crippen LogP contribution < -0.4 is 0 Å². The molecule has 0 amide bonds. The second-order valence-electron chi connectivity index (χ2n) is 4.38.